The van der Waals surface area contributed by atoms with Crippen LogP contribution in [0.25, 0.3) is 0 Å². The second-order valence-corrected chi connectivity index (χ2v) is 5.83. The van der Waals surface area contributed by atoms with Crippen molar-refractivity contribution >= 4 is 0 Å². The highest BCUT2D eigenvalue weighted by molar-refractivity contribution is 4.87. The first kappa shape index (κ1) is 12.3. The van der Waals surface area contributed by atoms with Crippen LogP contribution in [0.5, 0.6) is 0 Å². The highest BCUT2D eigenvalue weighted by atomic mass is 16.5. The third-order valence-corrected chi connectivity index (χ3v) is 3.83. The third kappa shape index (κ3) is 3.44. The minimum atomic E-state index is 0.358. The highest BCUT2D eigenvalue weighted by Gasteiger charge is 2.34. The SMILES string of the molecule is CNCC1(CN(C)CC2CC2)CCCOC1. The normalized spacial score (nSPS) is 30.9. The summed E-state index contributed by atoms with van der Waals surface area (Å²) >= 11 is 0. The molecule has 2 aliphatic rings. The molecule has 1 saturated heterocycles. The molecule has 1 heterocycles. The molecule has 1 aliphatic carbocycles. The first-order chi connectivity index (χ1) is 7.74. The maximum Gasteiger partial charge on any atom is 0.0546 e. The van der Waals surface area contributed by atoms with Gasteiger partial charge in [-0.3, -0.25) is 0 Å². The van der Waals surface area contributed by atoms with Crippen molar-refractivity contribution < 1.29 is 4.74 Å². The molecule has 3 heteroatoms. The lowest BCUT2D eigenvalue weighted by atomic mass is 9.82. The van der Waals surface area contributed by atoms with Gasteiger partial charge in [-0.25, -0.2) is 0 Å². The van der Waals surface area contributed by atoms with Crippen molar-refractivity contribution in [3.05, 3.63) is 0 Å². The molecule has 3 nitrogen and oxygen atoms in total. The van der Waals surface area contributed by atoms with E-state index in [0.29, 0.717) is 5.41 Å². The van der Waals surface area contributed by atoms with E-state index in [0.717, 1.165) is 25.7 Å². The zero-order chi connectivity index (χ0) is 11.4. The van der Waals surface area contributed by atoms with E-state index in [4.69, 9.17) is 4.74 Å². The average molecular weight is 226 g/mol. The van der Waals surface area contributed by atoms with Crippen LogP contribution in [0.2, 0.25) is 0 Å². The Morgan fingerprint density at radius 1 is 1.44 bits per heavy atom. The lowest BCUT2D eigenvalue weighted by Gasteiger charge is -2.40. The van der Waals surface area contributed by atoms with Crippen molar-refractivity contribution in [3.8, 4) is 0 Å². The number of hydrogen-bond acceptors (Lipinski definition) is 3. The van der Waals surface area contributed by atoms with Crippen molar-refractivity contribution in [3.63, 3.8) is 0 Å². The molecular weight excluding hydrogens is 200 g/mol. The summed E-state index contributed by atoms with van der Waals surface area (Å²) in [5, 5.41) is 3.35. The Morgan fingerprint density at radius 2 is 2.25 bits per heavy atom. The van der Waals surface area contributed by atoms with E-state index in [1.165, 1.54) is 38.8 Å². The fourth-order valence-electron chi connectivity index (χ4n) is 2.98. The Balaban J connectivity index is 1.84. The number of rotatable bonds is 6. The molecule has 0 aromatic carbocycles. The molecule has 2 rings (SSSR count). The second-order valence-electron chi connectivity index (χ2n) is 5.83. The fraction of sp³-hybridized carbons (Fsp3) is 1.00. The van der Waals surface area contributed by atoms with Crippen LogP contribution in [-0.2, 0) is 4.74 Å². The van der Waals surface area contributed by atoms with E-state index in [-0.39, 0.29) is 0 Å². The lowest BCUT2D eigenvalue weighted by Crippen LogP contribution is -2.47. The molecule has 1 saturated carbocycles. The molecule has 94 valence electrons. The summed E-state index contributed by atoms with van der Waals surface area (Å²) < 4.78 is 5.69. The van der Waals surface area contributed by atoms with Crippen LogP contribution >= 0.6 is 0 Å². The van der Waals surface area contributed by atoms with Crippen LogP contribution in [0.3, 0.4) is 0 Å². The van der Waals surface area contributed by atoms with Gasteiger partial charge in [0.05, 0.1) is 6.61 Å². The molecule has 0 bridgehead atoms. The van der Waals surface area contributed by atoms with Crippen molar-refractivity contribution in [2.45, 2.75) is 25.7 Å². The summed E-state index contributed by atoms with van der Waals surface area (Å²) in [6.07, 6.45) is 5.42. The van der Waals surface area contributed by atoms with Crippen LogP contribution in [0.1, 0.15) is 25.7 Å². The monoisotopic (exact) mass is 226 g/mol. The maximum atomic E-state index is 5.69. The van der Waals surface area contributed by atoms with Crippen LogP contribution in [0.15, 0.2) is 0 Å². The smallest absolute Gasteiger partial charge is 0.0546 e. The predicted octanol–water partition coefficient (Wildman–Crippen LogP) is 1.34. The molecule has 16 heavy (non-hydrogen) atoms. The van der Waals surface area contributed by atoms with Crippen LogP contribution in [-0.4, -0.2) is 51.8 Å². The molecule has 0 amide bonds. The zero-order valence-corrected chi connectivity index (χ0v) is 10.8. The quantitative estimate of drug-likeness (QED) is 0.740. The van der Waals surface area contributed by atoms with Gasteiger partial charge in [0.1, 0.15) is 0 Å². The standard InChI is InChI=1S/C13H26N2O/c1-14-9-13(6-3-7-16-11-13)10-15(2)8-12-4-5-12/h12,14H,3-11H2,1-2H3. The van der Waals surface area contributed by atoms with E-state index >= 15 is 0 Å². The fourth-order valence-corrected chi connectivity index (χ4v) is 2.98. The minimum absolute atomic E-state index is 0.358. The van der Waals surface area contributed by atoms with Gasteiger partial charge in [-0.15, -0.1) is 0 Å². The number of nitrogens with zero attached hydrogens (tertiary/aromatic N) is 1. The summed E-state index contributed by atoms with van der Waals surface area (Å²) in [6.45, 7) is 5.44. The molecule has 1 N–H and O–H groups in total. The third-order valence-electron chi connectivity index (χ3n) is 3.83. The van der Waals surface area contributed by atoms with Gasteiger partial charge in [-0.1, -0.05) is 0 Å². The van der Waals surface area contributed by atoms with Crippen LogP contribution in [0, 0.1) is 11.3 Å². The number of nitrogens with one attached hydrogen (secondary N) is 1. The lowest BCUT2D eigenvalue weighted by molar-refractivity contribution is -0.0222. The van der Waals surface area contributed by atoms with Crippen molar-refractivity contribution in [2.24, 2.45) is 11.3 Å². The molecule has 2 fully saturated rings. The summed E-state index contributed by atoms with van der Waals surface area (Å²) in [4.78, 5) is 2.52. The Kier molecular flexibility index (Phi) is 4.22. The van der Waals surface area contributed by atoms with Crippen molar-refractivity contribution in [1.29, 1.82) is 0 Å². The Morgan fingerprint density at radius 3 is 2.81 bits per heavy atom. The first-order valence-electron chi connectivity index (χ1n) is 6.65. The molecule has 0 aromatic heterocycles. The van der Waals surface area contributed by atoms with Gasteiger partial charge in [0.15, 0.2) is 0 Å². The topological polar surface area (TPSA) is 24.5 Å². The number of hydrogen-bond donors (Lipinski definition) is 1. The van der Waals surface area contributed by atoms with Crippen LogP contribution in [0.4, 0.5) is 0 Å². The van der Waals surface area contributed by atoms with E-state index in [2.05, 4.69) is 24.3 Å². The van der Waals surface area contributed by atoms with Gasteiger partial charge < -0.3 is 15.0 Å². The molecule has 1 atom stereocenters. The largest absolute Gasteiger partial charge is 0.381 e. The van der Waals surface area contributed by atoms with Gasteiger partial charge >= 0.3 is 0 Å². The van der Waals surface area contributed by atoms with E-state index in [1.807, 2.05) is 0 Å². The minimum Gasteiger partial charge on any atom is -0.381 e. The summed E-state index contributed by atoms with van der Waals surface area (Å²) in [7, 11) is 4.32. The Hall–Kier alpha value is -0.120. The molecule has 0 aromatic rings. The Labute approximate surface area is 99.5 Å². The van der Waals surface area contributed by atoms with Gasteiger partial charge in [0, 0.05) is 31.7 Å². The maximum absolute atomic E-state index is 5.69. The van der Waals surface area contributed by atoms with Crippen LogP contribution < -0.4 is 5.32 Å². The van der Waals surface area contributed by atoms with Gasteiger partial charge in [-0.2, -0.15) is 0 Å². The van der Waals surface area contributed by atoms with Gasteiger partial charge in [0.2, 0.25) is 0 Å². The second kappa shape index (κ2) is 5.48. The molecule has 1 aliphatic heterocycles. The molecule has 0 radical (unpaired) electrons. The predicted molar refractivity (Wildman–Crippen MR) is 66.6 cm³/mol. The summed E-state index contributed by atoms with van der Waals surface area (Å²) in [5.74, 6) is 0.987. The molecule has 1 unspecified atom stereocenters. The van der Waals surface area contributed by atoms with E-state index in [1.54, 1.807) is 0 Å². The number of ether oxygens (including phenoxy) is 1. The van der Waals surface area contributed by atoms with E-state index in [9.17, 15) is 0 Å². The first-order valence-corrected chi connectivity index (χ1v) is 6.65. The zero-order valence-electron chi connectivity index (χ0n) is 10.8. The summed E-state index contributed by atoms with van der Waals surface area (Å²) in [5.41, 5.74) is 0.358. The highest BCUT2D eigenvalue weighted by Crippen LogP contribution is 2.32. The van der Waals surface area contributed by atoms with Crippen molar-refractivity contribution in [2.75, 3.05) is 46.9 Å². The van der Waals surface area contributed by atoms with E-state index < -0.39 is 0 Å². The Bertz CT molecular complexity index is 204. The van der Waals surface area contributed by atoms with Gasteiger partial charge in [0.25, 0.3) is 0 Å². The molecular formula is C13H26N2O. The average Bonchev–Trinajstić information content (AvgIpc) is 3.03. The molecule has 0 spiro atoms. The summed E-state index contributed by atoms with van der Waals surface area (Å²) in [6, 6.07) is 0. The van der Waals surface area contributed by atoms with Gasteiger partial charge in [-0.05, 0) is 45.7 Å². The van der Waals surface area contributed by atoms with Crippen molar-refractivity contribution in [1.82, 2.24) is 10.2 Å².